The molecule has 15 heavy (non-hydrogen) atoms. The monoisotopic (exact) mass is 220 g/mol. The minimum absolute atomic E-state index is 0. The van der Waals surface area contributed by atoms with Gasteiger partial charge in [0.05, 0.1) is 13.2 Å². The van der Waals surface area contributed by atoms with E-state index in [2.05, 4.69) is 15.4 Å². The average Bonchev–Trinajstić information content (AvgIpc) is 2.14. The van der Waals surface area contributed by atoms with E-state index in [1.54, 1.807) is 13.8 Å². The Balaban J connectivity index is 0. The van der Waals surface area contributed by atoms with Crippen LogP contribution in [0.2, 0.25) is 0 Å². The van der Waals surface area contributed by atoms with Gasteiger partial charge in [0, 0.05) is 0 Å². The zero-order chi connectivity index (χ0) is 11.0. The number of esters is 2. The van der Waals surface area contributed by atoms with Gasteiger partial charge in [0.25, 0.3) is 0 Å². The second-order valence-electron chi connectivity index (χ2n) is 2.30. The predicted octanol–water partition coefficient (Wildman–Crippen LogP) is -2.29. The molecule has 0 aliphatic carbocycles. The van der Waals surface area contributed by atoms with Crippen molar-refractivity contribution < 1.29 is 48.6 Å². The molecular weight excluding hydrogens is 207 g/mol. The Morgan fingerprint density at radius 3 is 1.87 bits per heavy atom. The number of hydrogen-bond donors (Lipinski definition) is 0. The smallest absolute Gasteiger partial charge is 0.488 e. The Labute approximate surface area is 112 Å². The Morgan fingerprint density at radius 1 is 1.20 bits per heavy atom. The molecule has 0 saturated heterocycles. The first kappa shape index (κ1) is 16.8. The third-order valence-electron chi connectivity index (χ3n) is 1.32. The van der Waals surface area contributed by atoms with Gasteiger partial charge in [0.1, 0.15) is 0 Å². The van der Waals surface area contributed by atoms with Crippen molar-refractivity contribution in [3.8, 4) is 12.3 Å². The van der Waals surface area contributed by atoms with Crippen LogP contribution in [0.5, 0.6) is 0 Å². The van der Waals surface area contributed by atoms with Crippen LogP contribution in [0.3, 0.4) is 0 Å². The summed E-state index contributed by atoms with van der Waals surface area (Å²) in [5.74, 6) is 0.670. The van der Waals surface area contributed by atoms with E-state index in [1.807, 2.05) is 0 Å². The van der Waals surface area contributed by atoms with Crippen molar-refractivity contribution in [3.63, 3.8) is 0 Å². The number of carbonyl (C=O) groups is 2. The van der Waals surface area contributed by atoms with Crippen LogP contribution in [-0.2, 0) is 19.1 Å². The van der Waals surface area contributed by atoms with Crippen LogP contribution in [0.1, 0.15) is 20.3 Å². The predicted molar refractivity (Wildman–Crippen MR) is 50.0 cm³/mol. The maximum Gasteiger partial charge on any atom is 1.00 e. The largest absolute Gasteiger partial charge is 1.00 e. The molecule has 0 aromatic rings. The molecule has 0 unspecified atom stereocenters. The van der Waals surface area contributed by atoms with Crippen molar-refractivity contribution in [2.45, 2.75) is 20.3 Å². The summed E-state index contributed by atoms with van der Waals surface area (Å²) in [6, 6.07) is 0. The first-order chi connectivity index (χ1) is 6.67. The summed E-state index contributed by atoms with van der Waals surface area (Å²) in [5, 5.41) is 0. The molecule has 0 aliphatic rings. The van der Waals surface area contributed by atoms with Crippen molar-refractivity contribution in [3.05, 3.63) is 5.92 Å². The van der Waals surface area contributed by atoms with E-state index >= 15 is 0 Å². The number of terminal acetylenes is 1. The zero-order valence-electron chi connectivity index (χ0n) is 9.33. The van der Waals surface area contributed by atoms with Gasteiger partial charge in [-0.15, -0.1) is 12.3 Å². The minimum Gasteiger partial charge on any atom is -0.488 e. The molecule has 0 aliphatic heterocycles. The van der Waals surface area contributed by atoms with Crippen LogP contribution in [-0.4, -0.2) is 25.2 Å². The van der Waals surface area contributed by atoms with Gasteiger partial charge >= 0.3 is 29.6 Å². The summed E-state index contributed by atoms with van der Waals surface area (Å²) in [4.78, 5) is 22.4. The van der Waals surface area contributed by atoms with Crippen LogP contribution >= 0.6 is 0 Å². The normalized spacial score (nSPS) is 8.07. The van der Waals surface area contributed by atoms with Gasteiger partial charge in [0.15, 0.2) is 11.9 Å². The quantitative estimate of drug-likeness (QED) is 0.172. The molecule has 0 aromatic carbocycles. The van der Waals surface area contributed by atoms with Gasteiger partial charge in [-0.05, 0) is 13.8 Å². The third-order valence-corrected chi connectivity index (χ3v) is 1.32. The summed E-state index contributed by atoms with van der Waals surface area (Å²) in [6.07, 6.45) is 4.94. The summed E-state index contributed by atoms with van der Waals surface area (Å²) in [7, 11) is 0. The molecule has 0 atom stereocenters. The molecule has 0 rings (SSSR count). The number of hydrogen-bond acceptors (Lipinski definition) is 4. The minimum atomic E-state index is -0.705. The van der Waals surface area contributed by atoms with Crippen molar-refractivity contribution in [2.24, 2.45) is 0 Å². The van der Waals surface area contributed by atoms with E-state index in [0.717, 1.165) is 0 Å². The van der Waals surface area contributed by atoms with Gasteiger partial charge < -0.3 is 9.47 Å². The van der Waals surface area contributed by atoms with Crippen LogP contribution in [0, 0.1) is 18.3 Å². The fraction of sp³-hybridized carbons (Fsp3) is 0.500. The Morgan fingerprint density at radius 2 is 1.60 bits per heavy atom. The Hall–Kier alpha value is -0.630. The van der Waals surface area contributed by atoms with E-state index in [1.165, 1.54) is 0 Å². The van der Waals surface area contributed by atoms with E-state index in [4.69, 9.17) is 6.42 Å². The van der Waals surface area contributed by atoms with E-state index in [-0.39, 0.29) is 55.1 Å². The van der Waals surface area contributed by atoms with E-state index in [9.17, 15) is 9.59 Å². The van der Waals surface area contributed by atoms with Crippen LogP contribution in [0.4, 0.5) is 0 Å². The molecule has 0 fully saturated rings. The fourth-order valence-corrected chi connectivity index (χ4v) is 0.766. The zero-order valence-corrected chi connectivity index (χ0v) is 11.3. The van der Waals surface area contributed by atoms with Crippen LogP contribution in [0.25, 0.3) is 0 Å². The SMILES string of the molecule is C#CC[C-](C(=O)OCC)C(=O)OCC.[Na+]. The summed E-state index contributed by atoms with van der Waals surface area (Å²) in [5.41, 5.74) is 0. The molecule has 0 aromatic heterocycles. The number of ether oxygens (including phenoxy) is 2. The maximum absolute atomic E-state index is 11.2. The van der Waals surface area contributed by atoms with Gasteiger partial charge in [-0.3, -0.25) is 9.59 Å². The van der Waals surface area contributed by atoms with Crippen molar-refractivity contribution in [1.29, 1.82) is 0 Å². The van der Waals surface area contributed by atoms with Gasteiger partial charge in [-0.25, -0.2) is 0 Å². The Bertz CT molecular complexity index is 226. The first-order valence-corrected chi connectivity index (χ1v) is 4.30. The van der Waals surface area contributed by atoms with Crippen molar-refractivity contribution in [2.75, 3.05) is 13.2 Å². The summed E-state index contributed by atoms with van der Waals surface area (Å²) >= 11 is 0. The van der Waals surface area contributed by atoms with Crippen molar-refractivity contribution >= 4 is 11.9 Å². The molecule has 5 heteroatoms. The summed E-state index contributed by atoms with van der Waals surface area (Å²) in [6.45, 7) is 3.70. The Kier molecular flexibility index (Phi) is 11.1. The maximum atomic E-state index is 11.2. The molecular formula is C10H13NaO4. The van der Waals surface area contributed by atoms with Gasteiger partial charge in [-0.1, -0.05) is 6.42 Å². The molecule has 0 amide bonds. The van der Waals surface area contributed by atoms with E-state index in [0.29, 0.717) is 0 Å². The van der Waals surface area contributed by atoms with Crippen molar-refractivity contribution in [1.82, 2.24) is 0 Å². The average molecular weight is 220 g/mol. The second kappa shape index (κ2) is 9.91. The van der Waals surface area contributed by atoms with Crippen LogP contribution < -0.4 is 29.6 Å². The molecule has 0 radical (unpaired) electrons. The van der Waals surface area contributed by atoms with E-state index < -0.39 is 11.9 Å². The molecule has 0 saturated carbocycles. The van der Waals surface area contributed by atoms with Gasteiger partial charge in [0.2, 0.25) is 0 Å². The second-order valence-corrected chi connectivity index (χ2v) is 2.30. The standard InChI is InChI=1S/C10H13O4.Na/c1-4-7-8(9(11)13-5-2)10(12)14-6-3;/h1H,5-7H2,2-3H3;/q-1;+1. The third kappa shape index (κ3) is 6.45. The topological polar surface area (TPSA) is 52.6 Å². The molecule has 4 nitrogen and oxygen atoms in total. The molecule has 0 spiro atoms. The van der Waals surface area contributed by atoms with Crippen LogP contribution in [0.15, 0.2) is 0 Å². The molecule has 0 heterocycles. The number of rotatable bonds is 5. The molecule has 0 bridgehead atoms. The van der Waals surface area contributed by atoms with Gasteiger partial charge in [-0.2, -0.15) is 5.92 Å². The number of carbonyl (C=O) groups excluding carboxylic acids is 2. The molecule has 78 valence electrons. The fourth-order valence-electron chi connectivity index (χ4n) is 0.766. The summed E-state index contributed by atoms with van der Waals surface area (Å²) < 4.78 is 9.30. The molecule has 0 N–H and O–H groups in total. The first-order valence-electron chi connectivity index (χ1n) is 4.30.